The molecule has 3 unspecified atom stereocenters. The van der Waals surface area contributed by atoms with E-state index in [4.69, 9.17) is 4.74 Å². The normalized spacial score (nSPS) is 38.8. The fraction of sp³-hybridized carbons (Fsp3) is 1.00. The van der Waals surface area contributed by atoms with Gasteiger partial charge in [-0.05, 0) is 44.6 Å². The largest absolute Gasteiger partial charge is 0.374 e. The lowest BCUT2D eigenvalue weighted by atomic mass is 9.82. The van der Waals surface area contributed by atoms with Gasteiger partial charge in [0.15, 0.2) is 0 Å². The van der Waals surface area contributed by atoms with Crippen molar-refractivity contribution in [1.29, 1.82) is 0 Å². The van der Waals surface area contributed by atoms with Gasteiger partial charge < -0.3 is 15.0 Å². The third-order valence-electron chi connectivity index (χ3n) is 4.98. The van der Waals surface area contributed by atoms with Gasteiger partial charge in [-0.3, -0.25) is 0 Å². The van der Waals surface area contributed by atoms with Gasteiger partial charge in [-0.1, -0.05) is 12.8 Å². The van der Waals surface area contributed by atoms with Crippen molar-refractivity contribution in [2.45, 2.75) is 50.7 Å². The highest BCUT2D eigenvalue weighted by atomic mass is 16.5. The predicted octanol–water partition coefficient (Wildman–Crippen LogP) is 1.88. The third-order valence-corrected chi connectivity index (χ3v) is 4.98. The maximum atomic E-state index is 5.82. The smallest absolute Gasteiger partial charge is 0.0826 e. The van der Waals surface area contributed by atoms with Crippen LogP contribution >= 0.6 is 0 Å². The Morgan fingerprint density at radius 2 is 2.06 bits per heavy atom. The Bertz CT molecular complexity index is 267. The Morgan fingerprint density at radius 3 is 2.83 bits per heavy atom. The van der Waals surface area contributed by atoms with Gasteiger partial charge in [0, 0.05) is 25.7 Å². The summed E-state index contributed by atoms with van der Waals surface area (Å²) in [5.41, 5.74) is 0. The van der Waals surface area contributed by atoms with Gasteiger partial charge >= 0.3 is 0 Å². The van der Waals surface area contributed by atoms with Crippen molar-refractivity contribution in [3.63, 3.8) is 0 Å². The van der Waals surface area contributed by atoms with Crippen molar-refractivity contribution in [2.75, 3.05) is 33.3 Å². The molecule has 1 heterocycles. The number of morpholine rings is 1. The molecule has 3 fully saturated rings. The average Bonchev–Trinajstić information content (AvgIpc) is 3.21. The summed E-state index contributed by atoms with van der Waals surface area (Å²) in [6.07, 6.45) is 9.15. The molecule has 3 atom stereocenters. The summed E-state index contributed by atoms with van der Waals surface area (Å²) >= 11 is 0. The highest BCUT2D eigenvalue weighted by Gasteiger charge is 2.34. The molecule has 3 nitrogen and oxygen atoms in total. The molecule has 3 aliphatic rings. The summed E-state index contributed by atoms with van der Waals surface area (Å²) < 4.78 is 5.82. The van der Waals surface area contributed by atoms with Crippen LogP contribution in [0, 0.1) is 11.8 Å². The van der Waals surface area contributed by atoms with E-state index in [-0.39, 0.29) is 0 Å². The molecule has 0 aromatic carbocycles. The Labute approximate surface area is 111 Å². The van der Waals surface area contributed by atoms with Crippen LogP contribution in [0.2, 0.25) is 0 Å². The van der Waals surface area contributed by atoms with E-state index in [1.807, 2.05) is 0 Å². The Morgan fingerprint density at radius 1 is 1.17 bits per heavy atom. The van der Waals surface area contributed by atoms with Crippen molar-refractivity contribution in [1.82, 2.24) is 10.2 Å². The van der Waals surface area contributed by atoms with Crippen molar-refractivity contribution in [3.05, 3.63) is 0 Å². The zero-order valence-electron chi connectivity index (χ0n) is 11.7. The van der Waals surface area contributed by atoms with E-state index in [0.29, 0.717) is 6.10 Å². The summed E-state index contributed by atoms with van der Waals surface area (Å²) in [6, 6.07) is 0.764. The fourth-order valence-corrected chi connectivity index (χ4v) is 3.70. The van der Waals surface area contributed by atoms with Crippen LogP contribution in [0.4, 0.5) is 0 Å². The molecular weight excluding hydrogens is 224 g/mol. The third kappa shape index (κ3) is 3.46. The molecule has 1 aliphatic heterocycles. The van der Waals surface area contributed by atoms with E-state index in [0.717, 1.165) is 44.1 Å². The maximum Gasteiger partial charge on any atom is 0.0826 e. The molecule has 18 heavy (non-hydrogen) atoms. The Kier molecular flexibility index (Phi) is 4.22. The molecule has 0 aromatic heterocycles. The summed E-state index contributed by atoms with van der Waals surface area (Å²) in [6.45, 7) is 4.13. The molecule has 104 valence electrons. The number of likely N-dealkylation sites (N-methyl/N-ethyl adjacent to an activating group) is 1. The molecule has 0 aromatic rings. The summed E-state index contributed by atoms with van der Waals surface area (Å²) in [7, 11) is 2.19. The number of hydrogen-bond donors (Lipinski definition) is 1. The molecule has 1 N–H and O–H groups in total. The van der Waals surface area contributed by atoms with Crippen LogP contribution in [0.5, 0.6) is 0 Å². The number of nitrogens with one attached hydrogen (secondary N) is 1. The summed E-state index contributed by atoms with van der Waals surface area (Å²) in [5, 5.41) is 3.77. The second-order valence-corrected chi connectivity index (χ2v) is 6.62. The minimum absolute atomic E-state index is 0.407. The van der Waals surface area contributed by atoms with Gasteiger partial charge in [-0.15, -0.1) is 0 Å². The first-order chi connectivity index (χ1) is 8.81. The number of hydrogen-bond acceptors (Lipinski definition) is 3. The highest BCUT2D eigenvalue weighted by molar-refractivity contribution is 4.88. The predicted molar refractivity (Wildman–Crippen MR) is 73.7 cm³/mol. The van der Waals surface area contributed by atoms with Crippen LogP contribution in [0.3, 0.4) is 0 Å². The Hall–Kier alpha value is -0.120. The van der Waals surface area contributed by atoms with Crippen LogP contribution in [0.15, 0.2) is 0 Å². The van der Waals surface area contributed by atoms with Crippen molar-refractivity contribution >= 4 is 0 Å². The summed E-state index contributed by atoms with van der Waals surface area (Å²) in [5.74, 6) is 2.12. The molecule has 0 bridgehead atoms. The maximum absolute atomic E-state index is 5.82. The minimum atomic E-state index is 0.407. The van der Waals surface area contributed by atoms with E-state index >= 15 is 0 Å². The zero-order chi connectivity index (χ0) is 12.4. The van der Waals surface area contributed by atoms with E-state index < -0.39 is 0 Å². The molecular formula is C15H28N2O. The second-order valence-electron chi connectivity index (χ2n) is 6.62. The van der Waals surface area contributed by atoms with Gasteiger partial charge in [-0.2, -0.15) is 0 Å². The monoisotopic (exact) mass is 252 g/mol. The van der Waals surface area contributed by atoms with Gasteiger partial charge in [0.1, 0.15) is 0 Å². The lowest BCUT2D eigenvalue weighted by Crippen LogP contribution is -2.47. The van der Waals surface area contributed by atoms with Gasteiger partial charge in [0.05, 0.1) is 12.7 Å². The second kappa shape index (κ2) is 5.89. The van der Waals surface area contributed by atoms with Crippen LogP contribution in [0.25, 0.3) is 0 Å². The van der Waals surface area contributed by atoms with E-state index in [2.05, 4.69) is 17.3 Å². The van der Waals surface area contributed by atoms with Gasteiger partial charge in [0.2, 0.25) is 0 Å². The SMILES string of the molecule is CN1CCOC(CNC2CCCC(C3CC3)C2)C1. The minimum Gasteiger partial charge on any atom is -0.374 e. The topological polar surface area (TPSA) is 24.5 Å². The molecule has 3 heteroatoms. The lowest BCUT2D eigenvalue weighted by molar-refractivity contribution is -0.0201. The average molecular weight is 252 g/mol. The fourth-order valence-electron chi connectivity index (χ4n) is 3.70. The molecule has 2 saturated carbocycles. The molecule has 2 aliphatic carbocycles. The molecule has 0 spiro atoms. The van der Waals surface area contributed by atoms with Crippen LogP contribution in [-0.2, 0) is 4.74 Å². The first-order valence-corrected chi connectivity index (χ1v) is 7.85. The van der Waals surface area contributed by atoms with E-state index in [9.17, 15) is 0 Å². The molecule has 1 saturated heterocycles. The number of rotatable bonds is 4. The number of ether oxygens (including phenoxy) is 1. The van der Waals surface area contributed by atoms with Crippen molar-refractivity contribution < 1.29 is 4.74 Å². The number of nitrogens with zero attached hydrogens (tertiary/aromatic N) is 1. The van der Waals surface area contributed by atoms with Gasteiger partial charge in [0.25, 0.3) is 0 Å². The molecule has 0 radical (unpaired) electrons. The quantitative estimate of drug-likeness (QED) is 0.827. The lowest BCUT2D eigenvalue weighted by Gasteiger charge is -2.34. The zero-order valence-corrected chi connectivity index (χ0v) is 11.7. The van der Waals surface area contributed by atoms with Crippen molar-refractivity contribution in [3.8, 4) is 0 Å². The Balaban J connectivity index is 1.39. The van der Waals surface area contributed by atoms with E-state index in [1.165, 1.54) is 38.5 Å². The van der Waals surface area contributed by atoms with E-state index in [1.54, 1.807) is 0 Å². The van der Waals surface area contributed by atoms with Crippen LogP contribution < -0.4 is 5.32 Å². The van der Waals surface area contributed by atoms with Crippen LogP contribution in [-0.4, -0.2) is 50.3 Å². The molecule has 3 rings (SSSR count). The summed E-state index contributed by atoms with van der Waals surface area (Å²) in [4.78, 5) is 2.38. The first kappa shape index (κ1) is 12.9. The highest BCUT2D eigenvalue weighted by Crippen LogP contribution is 2.43. The van der Waals surface area contributed by atoms with Crippen LogP contribution in [0.1, 0.15) is 38.5 Å². The standard InChI is InChI=1S/C15H28N2O/c1-17-7-8-18-15(11-17)10-16-14-4-2-3-13(9-14)12-5-6-12/h12-16H,2-11H2,1H3. The van der Waals surface area contributed by atoms with Gasteiger partial charge in [-0.25, -0.2) is 0 Å². The molecule has 0 amide bonds. The van der Waals surface area contributed by atoms with Crippen molar-refractivity contribution in [2.24, 2.45) is 11.8 Å². The first-order valence-electron chi connectivity index (χ1n) is 7.85.